The van der Waals surface area contributed by atoms with Crippen LogP contribution in [0.3, 0.4) is 0 Å². The third-order valence-electron chi connectivity index (χ3n) is 4.40. The lowest BCUT2D eigenvalue weighted by molar-refractivity contribution is -0.117. The second-order valence-corrected chi connectivity index (χ2v) is 6.98. The average molecular weight is 411 g/mol. The summed E-state index contributed by atoms with van der Waals surface area (Å²) in [6, 6.07) is 18.9. The fourth-order valence-electron chi connectivity index (χ4n) is 2.90. The van der Waals surface area contributed by atoms with Crippen molar-refractivity contribution in [2.24, 2.45) is 0 Å². The molecule has 3 aromatic rings. The van der Waals surface area contributed by atoms with Crippen LogP contribution in [0.5, 0.6) is 5.75 Å². The van der Waals surface area contributed by atoms with E-state index in [0.717, 1.165) is 16.5 Å². The van der Waals surface area contributed by atoms with Crippen molar-refractivity contribution in [1.82, 2.24) is 0 Å². The number of hydrogen-bond acceptors (Lipinski definition) is 3. The molecule has 0 aromatic heterocycles. The van der Waals surface area contributed by atoms with E-state index in [-0.39, 0.29) is 11.8 Å². The molecule has 0 aliphatic carbocycles. The lowest BCUT2D eigenvalue weighted by Crippen LogP contribution is -2.14. The molecule has 0 spiro atoms. The van der Waals surface area contributed by atoms with Gasteiger partial charge in [0.2, 0.25) is 11.8 Å². The number of benzene rings is 3. The van der Waals surface area contributed by atoms with Gasteiger partial charge in [0, 0.05) is 23.9 Å². The molecule has 6 heteroatoms. The first kappa shape index (κ1) is 20.7. The van der Waals surface area contributed by atoms with E-state index in [0.29, 0.717) is 42.3 Å². The Labute approximate surface area is 175 Å². The molecular formula is C23H23ClN2O3. The number of amides is 2. The molecule has 5 nitrogen and oxygen atoms in total. The van der Waals surface area contributed by atoms with Gasteiger partial charge < -0.3 is 15.4 Å². The molecule has 0 unspecified atom stereocenters. The maximum absolute atomic E-state index is 12.3. The molecule has 2 N–H and O–H groups in total. The van der Waals surface area contributed by atoms with Crippen LogP contribution < -0.4 is 15.4 Å². The third-order valence-corrected chi connectivity index (χ3v) is 4.73. The van der Waals surface area contributed by atoms with Crippen molar-refractivity contribution in [3.8, 4) is 5.75 Å². The van der Waals surface area contributed by atoms with Crippen molar-refractivity contribution in [3.05, 3.63) is 65.7 Å². The first-order chi connectivity index (χ1) is 14.1. The predicted molar refractivity (Wildman–Crippen MR) is 118 cm³/mol. The standard InChI is InChI=1S/C23H23ClN2O3/c1-2-22(27)25-17-12-13-19(24)20(15-17)26-23(28)11-6-14-29-21-10-5-8-16-7-3-4-9-18(16)21/h3-5,7-10,12-13,15H,2,6,11,14H2,1H3,(H,25,27)(H,26,28). The quantitative estimate of drug-likeness (QED) is 0.472. The average Bonchev–Trinajstić information content (AvgIpc) is 2.73. The number of anilines is 2. The Balaban J connectivity index is 1.51. The Bertz CT molecular complexity index is 1010. The Morgan fingerprint density at radius 2 is 1.76 bits per heavy atom. The van der Waals surface area contributed by atoms with Crippen LogP contribution in [-0.4, -0.2) is 18.4 Å². The van der Waals surface area contributed by atoms with E-state index in [1.54, 1.807) is 25.1 Å². The maximum Gasteiger partial charge on any atom is 0.224 e. The van der Waals surface area contributed by atoms with Crippen molar-refractivity contribution >= 4 is 45.6 Å². The van der Waals surface area contributed by atoms with Crippen molar-refractivity contribution in [3.63, 3.8) is 0 Å². The highest BCUT2D eigenvalue weighted by Crippen LogP contribution is 2.27. The largest absolute Gasteiger partial charge is 0.493 e. The molecule has 3 aromatic carbocycles. The molecule has 0 aliphatic heterocycles. The van der Waals surface area contributed by atoms with Gasteiger partial charge in [0.25, 0.3) is 0 Å². The van der Waals surface area contributed by atoms with Gasteiger partial charge >= 0.3 is 0 Å². The second-order valence-electron chi connectivity index (χ2n) is 6.57. The number of halogens is 1. The van der Waals surface area contributed by atoms with Gasteiger partial charge in [-0.2, -0.15) is 0 Å². The van der Waals surface area contributed by atoms with Gasteiger partial charge in [-0.05, 0) is 36.1 Å². The van der Waals surface area contributed by atoms with Crippen molar-refractivity contribution < 1.29 is 14.3 Å². The van der Waals surface area contributed by atoms with Crippen LogP contribution in [0.2, 0.25) is 5.02 Å². The Kier molecular flexibility index (Phi) is 7.09. The van der Waals surface area contributed by atoms with Gasteiger partial charge in [-0.15, -0.1) is 0 Å². The zero-order chi connectivity index (χ0) is 20.6. The minimum atomic E-state index is -0.160. The van der Waals surface area contributed by atoms with Crippen LogP contribution in [0.15, 0.2) is 60.7 Å². The Morgan fingerprint density at radius 3 is 2.59 bits per heavy atom. The topological polar surface area (TPSA) is 67.4 Å². The summed E-state index contributed by atoms with van der Waals surface area (Å²) in [5, 5.41) is 8.13. The molecule has 3 rings (SSSR count). The summed E-state index contributed by atoms with van der Waals surface area (Å²) >= 11 is 6.16. The van der Waals surface area contributed by atoms with Crippen LogP contribution in [0.25, 0.3) is 10.8 Å². The number of carbonyl (C=O) groups excluding carboxylic acids is 2. The molecule has 0 atom stereocenters. The smallest absolute Gasteiger partial charge is 0.224 e. The molecule has 0 saturated heterocycles. The lowest BCUT2D eigenvalue weighted by atomic mass is 10.1. The summed E-state index contributed by atoms with van der Waals surface area (Å²) in [7, 11) is 0. The van der Waals surface area contributed by atoms with Gasteiger partial charge in [-0.1, -0.05) is 54.9 Å². The Morgan fingerprint density at radius 1 is 0.966 bits per heavy atom. The number of fused-ring (bicyclic) bond motifs is 1. The molecular weight excluding hydrogens is 388 g/mol. The van der Waals surface area contributed by atoms with E-state index in [1.807, 2.05) is 42.5 Å². The van der Waals surface area contributed by atoms with Gasteiger partial charge in [0.15, 0.2) is 0 Å². The van der Waals surface area contributed by atoms with E-state index in [2.05, 4.69) is 10.6 Å². The van der Waals surface area contributed by atoms with Crippen molar-refractivity contribution in [2.45, 2.75) is 26.2 Å². The fourth-order valence-corrected chi connectivity index (χ4v) is 3.06. The molecule has 0 aliphatic rings. The second kappa shape index (κ2) is 9.94. The zero-order valence-electron chi connectivity index (χ0n) is 16.2. The zero-order valence-corrected chi connectivity index (χ0v) is 17.0. The minimum Gasteiger partial charge on any atom is -0.493 e. The first-order valence-electron chi connectivity index (χ1n) is 9.56. The summed E-state index contributed by atoms with van der Waals surface area (Å²) < 4.78 is 5.87. The molecule has 0 fully saturated rings. The van der Waals surface area contributed by atoms with E-state index in [9.17, 15) is 9.59 Å². The summed E-state index contributed by atoms with van der Waals surface area (Å²) in [4.78, 5) is 23.8. The monoisotopic (exact) mass is 410 g/mol. The van der Waals surface area contributed by atoms with Crippen molar-refractivity contribution in [2.75, 3.05) is 17.2 Å². The first-order valence-corrected chi connectivity index (χ1v) is 9.94. The molecule has 0 bridgehead atoms. The fraction of sp³-hybridized carbons (Fsp3) is 0.217. The summed E-state index contributed by atoms with van der Waals surface area (Å²) in [6.07, 6.45) is 1.24. The van der Waals surface area contributed by atoms with Crippen LogP contribution in [0, 0.1) is 0 Å². The maximum atomic E-state index is 12.3. The molecule has 150 valence electrons. The number of rotatable bonds is 8. The number of ether oxygens (including phenoxy) is 1. The van der Waals surface area contributed by atoms with Gasteiger partial charge in [-0.3, -0.25) is 9.59 Å². The molecule has 0 saturated carbocycles. The van der Waals surface area contributed by atoms with E-state index >= 15 is 0 Å². The molecule has 29 heavy (non-hydrogen) atoms. The van der Waals surface area contributed by atoms with Crippen LogP contribution in [0.1, 0.15) is 26.2 Å². The molecule has 0 radical (unpaired) electrons. The van der Waals surface area contributed by atoms with Crippen LogP contribution in [-0.2, 0) is 9.59 Å². The summed E-state index contributed by atoms with van der Waals surface area (Å²) in [5.74, 6) is 0.550. The third kappa shape index (κ3) is 5.72. The Hall–Kier alpha value is -3.05. The van der Waals surface area contributed by atoms with Crippen molar-refractivity contribution in [1.29, 1.82) is 0 Å². The minimum absolute atomic E-state index is 0.102. The number of nitrogens with one attached hydrogen (secondary N) is 2. The van der Waals surface area contributed by atoms with E-state index in [4.69, 9.17) is 16.3 Å². The van der Waals surface area contributed by atoms with Crippen LogP contribution in [0.4, 0.5) is 11.4 Å². The SMILES string of the molecule is CCC(=O)Nc1ccc(Cl)c(NC(=O)CCCOc2cccc3ccccc23)c1. The van der Waals surface area contributed by atoms with E-state index in [1.165, 1.54) is 0 Å². The highest BCUT2D eigenvalue weighted by molar-refractivity contribution is 6.33. The highest BCUT2D eigenvalue weighted by Gasteiger charge is 2.09. The van der Waals surface area contributed by atoms with Gasteiger partial charge in [0.05, 0.1) is 17.3 Å². The summed E-state index contributed by atoms with van der Waals surface area (Å²) in [6.45, 7) is 2.20. The number of carbonyl (C=O) groups is 2. The normalized spacial score (nSPS) is 10.6. The number of hydrogen-bond donors (Lipinski definition) is 2. The van der Waals surface area contributed by atoms with Gasteiger partial charge in [0.1, 0.15) is 5.75 Å². The molecule has 2 amide bonds. The van der Waals surface area contributed by atoms with Gasteiger partial charge in [-0.25, -0.2) is 0 Å². The van der Waals surface area contributed by atoms with E-state index < -0.39 is 0 Å². The highest BCUT2D eigenvalue weighted by atomic mass is 35.5. The predicted octanol–water partition coefficient (Wildman–Crippen LogP) is 5.64. The summed E-state index contributed by atoms with van der Waals surface area (Å²) in [5.41, 5.74) is 1.07. The van der Waals surface area contributed by atoms with Crippen LogP contribution >= 0.6 is 11.6 Å². The lowest BCUT2D eigenvalue weighted by Gasteiger charge is -2.11. The molecule has 0 heterocycles.